The van der Waals surface area contributed by atoms with Gasteiger partial charge in [-0.05, 0) is 49.6 Å². The molecule has 1 aliphatic rings. The number of rotatable bonds is 7. The summed E-state index contributed by atoms with van der Waals surface area (Å²) in [6.45, 7) is 3.21. The summed E-state index contributed by atoms with van der Waals surface area (Å²) < 4.78 is 31.9. The van der Waals surface area contributed by atoms with Crippen LogP contribution in [0.4, 0.5) is 8.78 Å². The number of hydrogen-bond acceptors (Lipinski definition) is 4. The third-order valence-corrected chi connectivity index (χ3v) is 4.82. The van der Waals surface area contributed by atoms with Crippen LogP contribution in [0.25, 0.3) is 0 Å². The van der Waals surface area contributed by atoms with Gasteiger partial charge in [0.15, 0.2) is 17.2 Å². The molecule has 7 heteroatoms. The summed E-state index contributed by atoms with van der Waals surface area (Å²) in [5.41, 5.74) is -0.997. The molecule has 1 amide bonds. The van der Waals surface area contributed by atoms with Crippen molar-refractivity contribution < 1.29 is 23.1 Å². The maximum atomic E-state index is 13.4. The molecule has 3 rings (SSSR count). The minimum Gasteiger partial charge on any atom is -0.466 e. The lowest BCUT2D eigenvalue weighted by molar-refractivity contribution is -0.157. The second-order valence-corrected chi connectivity index (χ2v) is 7.05. The predicted octanol–water partition coefficient (Wildman–Crippen LogP) is 2.55. The van der Waals surface area contributed by atoms with Crippen LogP contribution in [0.15, 0.2) is 34.7 Å². The fourth-order valence-electron chi connectivity index (χ4n) is 3.36. The summed E-state index contributed by atoms with van der Waals surface area (Å²) in [6.07, 6.45) is 1.68. The maximum Gasteiger partial charge on any atom is 0.256 e. The number of likely N-dealkylation sites (tertiary alicyclic amines) is 1. The van der Waals surface area contributed by atoms with E-state index in [0.29, 0.717) is 37.9 Å². The molecule has 146 valence electrons. The lowest BCUT2D eigenvalue weighted by Gasteiger charge is -2.38. The molecule has 1 fully saturated rings. The van der Waals surface area contributed by atoms with Crippen LogP contribution in [0.2, 0.25) is 0 Å². The first-order valence-corrected chi connectivity index (χ1v) is 9.09. The highest BCUT2D eigenvalue weighted by Gasteiger charge is 2.41. The highest BCUT2D eigenvalue weighted by molar-refractivity contribution is 5.86. The molecule has 2 aromatic rings. The Hall–Kier alpha value is -2.25. The average molecular weight is 378 g/mol. The molecule has 1 aliphatic heterocycles. The summed E-state index contributed by atoms with van der Waals surface area (Å²) in [5.74, 6) is -0.557. The van der Waals surface area contributed by atoms with E-state index < -0.39 is 17.2 Å². The standard InChI is InChI=1S/C20H24F2N2O3/c1-14-3-5-16(27-14)7-9-23-13-20(26)8-2-10-24(19(20)25)12-15-4-6-17(21)18(22)11-15/h3-6,11,23,26H,2,7-10,12-13H2,1H3. The first kappa shape index (κ1) is 19.5. The van der Waals surface area contributed by atoms with Crippen molar-refractivity contribution in [2.24, 2.45) is 0 Å². The molecule has 1 aromatic heterocycles. The predicted molar refractivity (Wildman–Crippen MR) is 96.0 cm³/mol. The van der Waals surface area contributed by atoms with Crippen LogP contribution in [0.5, 0.6) is 0 Å². The lowest BCUT2D eigenvalue weighted by atomic mass is 9.91. The van der Waals surface area contributed by atoms with Crippen molar-refractivity contribution in [2.45, 2.75) is 38.3 Å². The molecule has 1 aromatic carbocycles. The number of benzene rings is 1. The van der Waals surface area contributed by atoms with Crippen molar-refractivity contribution in [2.75, 3.05) is 19.6 Å². The molecule has 1 saturated heterocycles. The number of piperidine rings is 1. The maximum absolute atomic E-state index is 13.4. The van der Waals surface area contributed by atoms with Crippen LogP contribution in [-0.4, -0.2) is 41.1 Å². The van der Waals surface area contributed by atoms with E-state index in [4.69, 9.17) is 4.42 Å². The minimum atomic E-state index is -1.49. The topological polar surface area (TPSA) is 65.7 Å². The Morgan fingerprint density at radius 1 is 1.26 bits per heavy atom. The van der Waals surface area contributed by atoms with Crippen LogP contribution >= 0.6 is 0 Å². The van der Waals surface area contributed by atoms with Crippen molar-refractivity contribution in [1.29, 1.82) is 0 Å². The summed E-state index contributed by atoms with van der Waals surface area (Å²) in [7, 11) is 0. The van der Waals surface area contributed by atoms with E-state index in [0.717, 1.165) is 23.7 Å². The first-order chi connectivity index (χ1) is 12.9. The fourth-order valence-corrected chi connectivity index (χ4v) is 3.36. The molecule has 0 radical (unpaired) electrons. The summed E-state index contributed by atoms with van der Waals surface area (Å²) in [4.78, 5) is 14.2. The van der Waals surface area contributed by atoms with Gasteiger partial charge >= 0.3 is 0 Å². The van der Waals surface area contributed by atoms with Crippen molar-refractivity contribution in [3.8, 4) is 0 Å². The van der Waals surface area contributed by atoms with Crippen LogP contribution in [0, 0.1) is 18.6 Å². The number of aryl methyl sites for hydroxylation is 1. The summed E-state index contributed by atoms with van der Waals surface area (Å²) >= 11 is 0. The third-order valence-electron chi connectivity index (χ3n) is 4.82. The van der Waals surface area contributed by atoms with Gasteiger partial charge in [-0.2, -0.15) is 0 Å². The molecule has 0 bridgehead atoms. The molecule has 0 spiro atoms. The van der Waals surface area contributed by atoms with E-state index in [1.54, 1.807) is 0 Å². The molecule has 1 unspecified atom stereocenters. The Kier molecular flexibility index (Phi) is 5.92. The normalized spacial score (nSPS) is 20.3. The highest BCUT2D eigenvalue weighted by Crippen LogP contribution is 2.24. The zero-order valence-corrected chi connectivity index (χ0v) is 15.3. The monoisotopic (exact) mass is 378 g/mol. The van der Waals surface area contributed by atoms with Crippen LogP contribution in [0.3, 0.4) is 0 Å². The molecule has 27 heavy (non-hydrogen) atoms. The number of amides is 1. The Morgan fingerprint density at radius 2 is 2.07 bits per heavy atom. The quantitative estimate of drug-likeness (QED) is 0.727. The molecule has 1 atom stereocenters. The van der Waals surface area contributed by atoms with Gasteiger partial charge in [0.05, 0.1) is 0 Å². The third kappa shape index (κ3) is 4.73. The lowest BCUT2D eigenvalue weighted by Crippen LogP contribution is -2.57. The van der Waals surface area contributed by atoms with Gasteiger partial charge in [-0.1, -0.05) is 6.07 Å². The number of nitrogens with zero attached hydrogens (tertiary/aromatic N) is 1. The van der Waals surface area contributed by atoms with Gasteiger partial charge in [-0.25, -0.2) is 8.78 Å². The number of aliphatic hydroxyl groups is 1. The smallest absolute Gasteiger partial charge is 0.256 e. The zero-order chi connectivity index (χ0) is 19.4. The number of carbonyl (C=O) groups excluding carboxylic acids is 1. The van der Waals surface area contributed by atoms with E-state index in [-0.39, 0.29) is 19.0 Å². The van der Waals surface area contributed by atoms with Crippen LogP contribution in [-0.2, 0) is 17.8 Å². The van der Waals surface area contributed by atoms with Gasteiger partial charge in [-0.15, -0.1) is 0 Å². The fraction of sp³-hybridized carbons (Fsp3) is 0.450. The second kappa shape index (κ2) is 8.19. The molecule has 0 saturated carbocycles. The largest absolute Gasteiger partial charge is 0.466 e. The second-order valence-electron chi connectivity index (χ2n) is 7.05. The molecule has 0 aliphatic carbocycles. The van der Waals surface area contributed by atoms with Gasteiger partial charge in [0.1, 0.15) is 11.5 Å². The minimum absolute atomic E-state index is 0.139. The van der Waals surface area contributed by atoms with E-state index in [1.807, 2.05) is 19.1 Å². The number of hydrogen-bond donors (Lipinski definition) is 2. The van der Waals surface area contributed by atoms with Crippen molar-refractivity contribution in [3.63, 3.8) is 0 Å². The molecular weight excluding hydrogens is 354 g/mol. The van der Waals surface area contributed by atoms with Crippen LogP contribution < -0.4 is 5.32 Å². The average Bonchev–Trinajstić information content (AvgIpc) is 3.05. The van der Waals surface area contributed by atoms with Crippen LogP contribution in [0.1, 0.15) is 29.9 Å². The van der Waals surface area contributed by atoms with Gasteiger partial charge in [-0.3, -0.25) is 4.79 Å². The molecular formula is C20H24F2N2O3. The molecule has 2 N–H and O–H groups in total. The van der Waals surface area contributed by atoms with E-state index >= 15 is 0 Å². The highest BCUT2D eigenvalue weighted by atomic mass is 19.2. The number of halogens is 2. The van der Waals surface area contributed by atoms with Gasteiger partial charge in [0, 0.05) is 32.6 Å². The number of furan rings is 1. The van der Waals surface area contributed by atoms with Gasteiger partial charge in [0.25, 0.3) is 5.91 Å². The number of carbonyl (C=O) groups is 1. The molecule has 2 heterocycles. The number of nitrogens with one attached hydrogen (secondary N) is 1. The van der Waals surface area contributed by atoms with E-state index in [2.05, 4.69) is 5.32 Å². The Labute approximate surface area is 157 Å². The summed E-state index contributed by atoms with van der Waals surface area (Å²) in [6, 6.07) is 7.37. The Bertz CT molecular complexity index is 808. The first-order valence-electron chi connectivity index (χ1n) is 9.09. The summed E-state index contributed by atoms with van der Waals surface area (Å²) in [5, 5.41) is 13.9. The van der Waals surface area contributed by atoms with Crippen molar-refractivity contribution in [1.82, 2.24) is 10.2 Å². The van der Waals surface area contributed by atoms with E-state index in [1.165, 1.54) is 11.0 Å². The van der Waals surface area contributed by atoms with Gasteiger partial charge in [0.2, 0.25) is 0 Å². The Balaban J connectivity index is 1.54. The van der Waals surface area contributed by atoms with Crippen molar-refractivity contribution >= 4 is 5.91 Å². The zero-order valence-electron chi connectivity index (χ0n) is 15.3. The van der Waals surface area contributed by atoms with Crippen molar-refractivity contribution in [3.05, 3.63) is 59.1 Å². The van der Waals surface area contributed by atoms with Gasteiger partial charge < -0.3 is 19.7 Å². The molecule has 5 nitrogen and oxygen atoms in total. The van der Waals surface area contributed by atoms with E-state index in [9.17, 15) is 18.7 Å². The Morgan fingerprint density at radius 3 is 2.78 bits per heavy atom. The SMILES string of the molecule is Cc1ccc(CCNCC2(O)CCCN(Cc3ccc(F)c(F)c3)C2=O)o1.